The number of nitrogens with zero attached hydrogens (tertiary/aromatic N) is 2. The summed E-state index contributed by atoms with van der Waals surface area (Å²) in [7, 11) is 2.96. The van der Waals surface area contributed by atoms with Crippen molar-refractivity contribution in [2.45, 2.75) is 32.7 Å². The van der Waals surface area contributed by atoms with E-state index in [2.05, 4.69) is 28.9 Å². The van der Waals surface area contributed by atoms with Crippen LogP contribution >= 0.6 is 0 Å². The van der Waals surface area contributed by atoms with Crippen LogP contribution in [0, 0.1) is 5.92 Å². The zero-order chi connectivity index (χ0) is 22.6. The standard InChI is InChI=1S/C25H25N3O4/c1-13-8-9-17-19(10-16(25(30)32-4)12-21(17)31-3)26-22(13)20-11-15-6-5-7-18-23(15)28(20)14(2)24(29)27-18/h5-7,10-14H,8-9H2,1-4H3,(H,27,29). The highest BCUT2D eigenvalue weighted by Crippen LogP contribution is 2.40. The topological polar surface area (TPSA) is 81.9 Å². The lowest BCUT2D eigenvalue weighted by Gasteiger charge is -2.26. The Bertz CT molecular complexity index is 1300. The van der Waals surface area contributed by atoms with E-state index in [9.17, 15) is 9.59 Å². The van der Waals surface area contributed by atoms with Crippen molar-refractivity contribution in [1.29, 1.82) is 0 Å². The summed E-state index contributed by atoms with van der Waals surface area (Å²) in [6.07, 6.45) is 1.64. The van der Waals surface area contributed by atoms with Crippen LogP contribution < -0.4 is 10.1 Å². The predicted octanol–water partition coefficient (Wildman–Crippen LogP) is 4.65. The van der Waals surface area contributed by atoms with Crippen molar-refractivity contribution in [3.05, 3.63) is 53.2 Å². The maximum absolute atomic E-state index is 12.7. The summed E-state index contributed by atoms with van der Waals surface area (Å²) < 4.78 is 12.6. The van der Waals surface area contributed by atoms with Crippen molar-refractivity contribution in [2.75, 3.05) is 19.5 Å². The Kier molecular flexibility index (Phi) is 4.77. The van der Waals surface area contributed by atoms with E-state index in [-0.39, 0.29) is 17.9 Å². The largest absolute Gasteiger partial charge is 0.496 e. The van der Waals surface area contributed by atoms with E-state index in [0.29, 0.717) is 17.0 Å². The number of hydrogen-bond donors (Lipinski definition) is 1. The van der Waals surface area contributed by atoms with Crippen LogP contribution in [0.4, 0.5) is 11.4 Å². The van der Waals surface area contributed by atoms with E-state index in [1.165, 1.54) is 7.11 Å². The number of esters is 1. The van der Waals surface area contributed by atoms with Crippen molar-refractivity contribution in [3.8, 4) is 5.75 Å². The van der Waals surface area contributed by atoms with E-state index in [4.69, 9.17) is 14.5 Å². The number of para-hydroxylation sites is 1. The van der Waals surface area contributed by atoms with E-state index in [1.54, 1.807) is 19.2 Å². The van der Waals surface area contributed by atoms with E-state index in [1.807, 2.05) is 19.1 Å². The predicted molar refractivity (Wildman–Crippen MR) is 123 cm³/mol. The molecule has 1 aromatic heterocycles. The molecule has 32 heavy (non-hydrogen) atoms. The van der Waals surface area contributed by atoms with Gasteiger partial charge in [0.15, 0.2) is 0 Å². The lowest BCUT2D eigenvalue weighted by Crippen LogP contribution is -2.30. The fraction of sp³-hybridized carbons (Fsp3) is 0.320. The molecule has 2 aromatic carbocycles. The second-order valence-electron chi connectivity index (χ2n) is 8.41. The minimum absolute atomic E-state index is 0.0422. The van der Waals surface area contributed by atoms with E-state index >= 15 is 0 Å². The van der Waals surface area contributed by atoms with Gasteiger partial charge in [0.05, 0.1) is 48.1 Å². The number of methoxy groups -OCH3 is 2. The molecule has 0 spiro atoms. The quantitative estimate of drug-likeness (QED) is 0.612. The van der Waals surface area contributed by atoms with Crippen molar-refractivity contribution in [3.63, 3.8) is 0 Å². The van der Waals surface area contributed by atoms with Crippen LogP contribution in [0.25, 0.3) is 10.9 Å². The van der Waals surface area contributed by atoms with Gasteiger partial charge in [0.25, 0.3) is 0 Å². The summed E-state index contributed by atoms with van der Waals surface area (Å²) in [6, 6.07) is 11.2. The Morgan fingerprint density at radius 3 is 2.75 bits per heavy atom. The summed E-state index contributed by atoms with van der Waals surface area (Å²) in [4.78, 5) is 30.0. The number of ether oxygens (including phenoxy) is 2. The Morgan fingerprint density at radius 2 is 2.00 bits per heavy atom. The lowest BCUT2D eigenvalue weighted by atomic mass is 9.95. The maximum Gasteiger partial charge on any atom is 0.338 e. The highest BCUT2D eigenvalue weighted by molar-refractivity contribution is 6.12. The number of nitrogens with one attached hydrogen (secondary N) is 1. The fourth-order valence-corrected chi connectivity index (χ4v) is 4.79. The molecule has 0 saturated carbocycles. The first-order chi connectivity index (χ1) is 15.4. The van der Waals surface area contributed by atoms with Crippen molar-refractivity contribution >= 4 is 39.9 Å². The molecule has 1 amide bonds. The van der Waals surface area contributed by atoms with E-state index in [0.717, 1.165) is 46.4 Å². The molecule has 2 aliphatic heterocycles. The molecule has 0 saturated heterocycles. The molecule has 164 valence electrons. The Labute approximate surface area is 186 Å². The van der Waals surface area contributed by atoms with Gasteiger partial charge in [0.1, 0.15) is 11.8 Å². The van der Waals surface area contributed by atoms with Crippen LogP contribution in [-0.4, -0.2) is 36.4 Å². The Hall–Kier alpha value is -3.61. The summed E-state index contributed by atoms with van der Waals surface area (Å²) in [5.74, 6) is 0.310. The molecule has 0 aliphatic carbocycles. The SMILES string of the molecule is COC(=O)c1cc2c(c(OC)c1)CCC(C)C(c1cc3cccc4c3n1C(C)C(=O)N4)=N2. The molecule has 0 radical (unpaired) electrons. The zero-order valence-corrected chi connectivity index (χ0v) is 18.6. The number of aliphatic imine (C=N–C) groups is 1. The molecule has 7 heteroatoms. The Morgan fingerprint density at radius 1 is 1.19 bits per heavy atom. The van der Waals surface area contributed by atoms with Gasteiger partial charge in [-0.15, -0.1) is 0 Å². The van der Waals surface area contributed by atoms with Gasteiger partial charge in [-0.05, 0) is 44.0 Å². The molecular formula is C25H25N3O4. The molecule has 0 fully saturated rings. The van der Waals surface area contributed by atoms with Gasteiger partial charge in [-0.25, -0.2) is 4.79 Å². The van der Waals surface area contributed by atoms with Crippen LogP contribution in [0.15, 0.2) is 41.4 Å². The van der Waals surface area contributed by atoms with Crippen molar-refractivity contribution in [2.24, 2.45) is 10.9 Å². The lowest BCUT2D eigenvalue weighted by molar-refractivity contribution is -0.118. The minimum Gasteiger partial charge on any atom is -0.496 e. The molecule has 3 aromatic rings. The van der Waals surface area contributed by atoms with Crippen LogP contribution in [0.3, 0.4) is 0 Å². The second kappa shape index (κ2) is 7.51. The number of anilines is 1. The van der Waals surface area contributed by atoms with E-state index < -0.39 is 5.97 Å². The number of fused-ring (bicyclic) bond motifs is 1. The fourth-order valence-electron chi connectivity index (χ4n) is 4.79. The van der Waals surface area contributed by atoms with Crippen LogP contribution in [0.2, 0.25) is 0 Å². The molecule has 2 aliphatic rings. The Balaban J connectivity index is 1.76. The number of carbonyl (C=O) groups excluding carboxylic acids is 2. The van der Waals surface area contributed by atoms with Gasteiger partial charge < -0.3 is 19.4 Å². The highest BCUT2D eigenvalue weighted by Gasteiger charge is 2.31. The summed E-state index contributed by atoms with van der Waals surface area (Å²) in [6.45, 7) is 4.06. The third-order valence-corrected chi connectivity index (χ3v) is 6.51. The molecule has 5 rings (SSSR count). The molecule has 1 N–H and O–H groups in total. The van der Waals surface area contributed by atoms with Gasteiger partial charge in [-0.3, -0.25) is 9.79 Å². The average molecular weight is 431 g/mol. The summed E-state index contributed by atoms with van der Waals surface area (Å²) >= 11 is 0. The molecule has 0 bridgehead atoms. The maximum atomic E-state index is 12.7. The number of carbonyl (C=O) groups is 2. The van der Waals surface area contributed by atoms with Crippen LogP contribution in [0.1, 0.15) is 47.9 Å². The number of hydrogen-bond acceptors (Lipinski definition) is 5. The number of aromatic nitrogens is 1. The van der Waals surface area contributed by atoms with Gasteiger partial charge in [0.2, 0.25) is 5.91 Å². The molecule has 7 nitrogen and oxygen atoms in total. The molecule has 2 atom stereocenters. The monoisotopic (exact) mass is 431 g/mol. The second-order valence-corrected chi connectivity index (χ2v) is 8.41. The van der Waals surface area contributed by atoms with Crippen molar-refractivity contribution in [1.82, 2.24) is 4.57 Å². The average Bonchev–Trinajstić information content (AvgIpc) is 3.10. The molecule has 3 heterocycles. The molecule has 2 unspecified atom stereocenters. The normalized spacial score (nSPS) is 19.6. The third kappa shape index (κ3) is 2.99. The smallest absolute Gasteiger partial charge is 0.338 e. The third-order valence-electron chi connectivity index (χ3n) is 6.51. The first-order valence-electron chi connectivity index (χ1n) is 10.8. The first-order valence-corrected chi connectivity index (χ1v) is 10.8. The molecular weight excluding hydrogens is 406 g/mol. The van der Waals surface area contributed by atoms with Gasteiger partial charge >= 0.3 is 5.97 Å². The van der Waals surface area contributed by atoms with Crippen molar-refractivity contribution < 1.29 is 19.1 Å². The number of amides is 1. The van der Waals surface area contributed by atoms with Gasteiger partial charge in [0, 0.05) is 16.9 Å². The number of benzene rings is 2. The summed E-state index contributed by atoms with van der Waals surface area (Å²) in [5, 5.41) is 4.06. The minimum atomic E-state index is -0.432. The van der Waals surface area contributed by atoms with Gasteiger partial charge in [-0.1, -0.05) is 19.1 Å². The number of rotatable bonds is 3. The van der Waals surface area contributed by atoms with Gasteiger partial charge in [-0.2, -0.15) is 0 Å². The summed E-state index contributed by atoms with van der Waals surface area (Å²) in [5.41, 5.74) is 5.73. The zero-order valence-electron chi connectivity index (χ0n) is 18.6. The van der Waals surface area contributed by atoms with Crippen LogP contribution in [-0.2, 0) is 16.0 Å². The highest BCUT2D eigenvalue weighted by atomic mass is 16.5. The van der Waals surface area contributed by atoms with Crippen LogP contribution in [0.5, 0.6) is 5.75 Å². The first kappa shape index (κ1) is 20.3.